The molecule has 1 saturated heterocycles. The summed E-state index contributed by atoms with van der Waals surface area (Å²) in [5, 5.41) is 9.19. The van der Waals surface area contributed by atoms with Crippen molar-refractivity contribution in [3.63, 3.8) is 0 Å². The van der Waals surface area contributed by atoms with Gasteiger partial charge in [0.05, 0.1) is 18.0 Å². The predicted octanol–water partition coefficient (Wildman–Crippen LogP) is 4.74. The molecule has 4 aromatic rings. The van der Waals surface area contributed by atoms with Gasteiger partial charge < -0.3 is 10.5 Å². The van der Waals surface area contributed by atoms with Crippen molar-refractivity contribution < 1.29 is 9.13 Å². The van der Waals surface area contributed by atoms with Gasteiger partial charge in [0, 0.05) is 24.5 Å². The minimum Gasteiger partial charge on any atom is -0.457 e. The van der Waals surface area contributed by atoms with E-state index in [4.69, 9.17) is 15.6 Å². The molecule has 0 amide bonds. The van der Waals surface area contributed by atoms with Gasteiger partial charge in [0.25, 0.3) is 0 Å². The molecule has 6 rings (SSSR count). The number of nitrogen functional groups attached to an aromatic ring is 1. The summed E-state index contributed by atoms with van der Waals surface area (Å²) in [6.07, 6.45) is 9.68. The van der Waals surface area contributed by atoms with Crippen molar-refractivity contribution in [2.45, 2.75) is 18.6 Å². The van der Waals surface area contributed by atoms with Gasteiger partial charge in [0.15, 0.2) is 5.65 Å². The van der Waals surface area contributed by atoms with E-state index in [1.807, 2.05) is 83.0 Å². The number of alkyl halides is 1. The Balaban J connectivity index is 1.29. The Bertz CT molecular complexity index is 1470. The minimum absolute atomic E-state index is 0.198. The minimum atomic E-state index is -1.18. The van der Waals surface area contributed by atoms with Gasteiger partial charge in [-0.3, -0.25) is 5.01 Å². The smallest absolute Gasteiger partial charge is 0.164 e. The number of nitrogens with two attached hydrogens (primary N) is 1. The normalized spacial score (nSPS) is 19.9. The summed E-state index contributed by atoms with van der Waals surface area (Å²) in [5.41, 5.74) is 8.22. The number of allylic oxidation sites excluding steroid dienone is 2. The SMILES string of the molecule is Nc1ncnc2c1c(-c1ccc(Oc3ccccc3)cc1)nn2C1CCN(N2C=CC=CN=C2)CC1F. The number of nitrogens with zero attached hydrogens (tertiary/aromatic N) is 7. The maximum atomic E-state index is 15.6. The summed E-state index contributed by atoms with van der Waals surface area (Å²) in [5.74, 6) is 1.75. The molecule has 0 bridgehead atoms. The number of benzene rings is 2. The summed E-state index contributed by atoms with van der Waals surface area (Å²) in [6.45, 7) is 0.827. The molecule has 2 aliphatic rings. The molecule has 2 aromatic carbocycles. The average molecular weight is 497 g/mol. The lowest BCUT2D eigenvalue weighted by Crippen LogP contribution is -2.49. The third-order valence-electron chi connectivity index (χ3n) is 6.46. The molecule has 0 aliphatic carbocycles. The molecule has 0 saturated carbocycles. The quantitative estimate of drug-likeness (QED) is 0.426. The zero-order valence-corrected chi connectivity index (χ0v) is 19.9. The van der Waals surface area contributed by atoms with E-state index in [2.05, 4.69) is 15.0 Å². The number of rotatable bonds is 5. The van der Waals surface area contributed by atoms with E-state index in [0.29, 0.717) is 41.3 Å². The Morgan fingerprint density at radius 2 is 1.78 bits per heavy atom. The largest absolute Gasteiger partial charge is 0.457 e. The Kier molecular flexibility index (Phi) is 6.07. The molecule has 2 aromatic heterocycles. The van der Waals surface area contributed by atoms with Crippen LogP contribution in [0.3, 0.4) is 0 Å². The van der Waals surface area contributed by atoms with E-state index >= 15 is 4.39 Å². The molecule has 37 heavy (non-hydrogen) atoms. The van der Waals surface area contributed by atoms with Crippen LogP contribution in [0.25, 0.3) is 22.3 Å². The molecule has 2 unspecified atom stereocenters. The number of aliphatic imine (C=N–C) groups is 1. The first-order valence-corrected chi connectivity index (χ1v) is 12.0. The maximum Gasteiger partial charge on any atom is 0.164 e. The molecule has 4 heterocycles. The van der Waals surface area contributed by atoms with Gasteiger partial charge in [0.1, 0.15) is 41.8 Å². The van der Waals surface area contributed by atoms with Crippen LogP contribution in [0, 0.1) is 0 Å². The fourth-order valence-corrected chi connectivity index (χ4v) is 4.65. The zero-order valence-electron chi connectivity index (χ0n) is 19.9. The third kappa shape index (κ3) is 4.54. The lowest BCUT2D eigenvalue weighted by atomic mass is 10.0. The lowest BCUT2D eigenvalue weighted by molar-refractivity contribution is 0.00233. The number of ether oxygens (including phenoxy) is 1. The number of hydrazine groups is 1. The molecular weight excluding hydrogens is 471 g/mol. The number of fused-ring (bicyclic) bond motifs is 1. The van der Waals surface area contributed by atoms with E-state index in [9.17, 15) is 0 Å². The second-order valence-electron chi connectivity index (χ2n) is 8.80. The third-order valence-corrected chi connectivity index (χ3v) is 6.46. The fourth-order valence-electron chi connectivity index (χ4n) is 4.65. The summed E-state index contributed by atoms with van der Waals surface area (Å²) in [4.78, 5) is 12.8. The molecular formula is C27H25FN8O. The predicted molar refractivity (Wildman–Crippen MR) is 140 cm³/mol. The molecule has 10 heteroatoms. The molecule has 1 fully saturated rings. The van der Waals surface area contributed by atoms with Crippen molar-refractivity contribution >= 4 is 23.2 Å². The van der Waals surface area contributed by atoms with Crippen molar-refractivity contribution in [3.05, 3.63) is 85.5 Å². The molecule has 0 spiro atoms. The summed E-state index contributed by atoms with van der Waals surface area (Å²) < 4.78 is 23.2. The monoisotopic (exact) mass is 496 g/mol. The summed E-state index contributed by atoms with van der Waals surface area (Å²) in [7, 11) is 0. The first-order valence-electron chi connectivity index (χ1n) is 12.0. The van der Waals surface area contributed by atoms with Crippen LogP contribution < -0.4 is 10.5 Å². The van der Waals surface area contributed by atoms with Gasteiger partial charge in [-0.15, -0.1) is 0 Å². The highest BCUT2D eigenvalue weighted by Gasteiger charge is 2.35. The number of anilines is 1. The van der Waals surface area contributed by atoms with Crippen LogP contribution in [0.15, 0.2) is 90.5 Å². The molecule has 186 valence electrons. The van der Waals surface area contributed by atoms with Gasteiger partial charge in [0.2, 0.25) is 0 Å². The molecule has 2 atom stereocenters. The average Bonchev–Trinajstić information content (AvgIpc) is 3.10. The second kappa shape index (κ2) is 9.82. The van der Waals surface area contributed by atoms with Crippen LogP contribution >= 0.6 is 0 Å². The highest BCUT2D eigenvalue weighted by Crippen LogP contribution is 2.36. The Labute approximate surface area is 213 Å². The first-order chi connectivity index (χ1) is 18.2. The van der Waals surface area contributed by atoms with Gasteiger partial charge >= 0.3 is 0 Å². The van der Waals surface area contributed by atoms with Crippen LogP contribution in [-0.2, 0) is 0 Å². The topological polar surface area (TPSA) is 97.7 Å². The van der Waals surface area contributed by atoms with E-state index in [0.717, 1.165) is 11.3 Å². The van der Waals surface area contributed by atoms with E-state index in [1.165, 1.54) is 6.33 Å². The maximum absolute atomic E-state index is 15.6. The molecule has 2 aliphatic heterocycles. The number of hydrogen-bond acceptors (Lipinski definition) is 8. The Morgan fingerprint density at radius 1 is 0.973 bits per heavy atom. The number of hydrogen-bond donors (Lipinski definition) is 1. The van der Waals surface area contributed by atoms with Crippen molar-refractivity contribution in [2.75, 3.05) is 18.8 Å². The van der Waals surface area contributed by atoms with E-state index in [1.54, 1.807) is 17.2 Å². The number of aromatic nitrogens is 4. The van der Waals surface area contributed by atoms with Crippen molar-refractivity contribution in [3.8, 4) is 22.8 Å². The van der Waals surface area contributed by atoms with E-state index in [-0.39, 0.29) is 6.54 Å². The summed E-state index contributed by atoms with van der Waals surface area (Å²) >= 11 is 0. The first kappa shape index (κ1) is 22.9. The van der Waals surface area contributed by atoms with Gasteiger partial charge in [-0.1, -0.05) is 18.2 Å². The number of para-hydroxylation sites is 1. The van der Waals surface area contributed by atoms with Gasteiger partial charge in [-0.05, 0) is 55.0 Å². The van der Waals surface area contributed by atoms with Gasteiger partial charge in [-0.25, -0.2) is 29.0 Å². The number of halogens is 1. The van der Waals surface area contributed by atoms with Gasteiger partial charge in [-0.2, -0.15) is 5.10 Å². The van der Waals surface area contributed by atoms with Crippen LogP contribution in [0.5, 0.6) is 11.5 Å². The van der Waals surface area contributed by atoms with Crippen LogP contribution in [0.1, 0.15) is 12.5 Å². The zero-order chi connectivity index (χ0) is 25.2. The molecule has 0 radical (unpaired) electrons. The van der Waals surface area contributed by atoms with Crippen molar-refractivity contribution in [1.29, 1.82) is 0 Å². The molecule has 2 N–H and O–H groups in total. The molecule has 9 nitrogen and oxygen atoms in total. The fraction of sp³-hybridized carbons (Fsp3) is 0.185. The standard InChI is InChI=1S/C27H25FN8O/c28-22-16-34(35-14-5-4-13-30-18-35)15-12-23(22)36-27-24(26(29)31-17-32-27)25(33-36)19-8-10-21(11-9-19)37-20-6-2-1-3-7-20/h1-11,13-14,17-18,22-23H,12,15-16H2,(H2,29,31,32). The lowest BCUT2D eigenvalue weighted by Gasteiger charge is -2.38. The van der Waals surface area contributed by atoms with E-state index < -0.39 is 12.2 Å². The highest BCUT2D eigenvalue weighted by molar-refractivity contribution is 5.98. The van der Waals surface area contributed by atoms with Crippen LogP contribution in [0.2, 0.25) is 0 Å². The van der Waals surface area contributed by atoms with Crippen LogP contribution in [0.4, 0.5) is 10.2 Å². The Morgan fingerprint density at radius 3 is 2.59 bits per heavy atom. The number of piperidine rings is 1. The summed E-state index contributed by atoms with van der Waals surface area (Å²) in [6, 6.07) is 16.6. The second-order valence-corrected chi connectivity index (χ2v) is 8.80. The highest BCUT2D eigenvalue weighted by atomic mass is 19.1. The van der Waals surface area contributed by atoms with Crippen LogP contribution in [-0.4, -0.2) is 55.4 Å². The Hall–Kier alpha value is -4.57. The van der Waals surface area contributed by atoms with Crippen molar-refractivity contribution in [1.82, 2.24) is 29.8 Å². The van der Waals surface area contributed by atoms with Crippen molar-refractivity contribution in [2.24, 2.45) is 4.99 Å².